The van der Waals surface area contributed by atoms with E-state index < -0.39 is 0 Å². The van der Waals surface area contributed by atoms with Gasteiger partial charge in [-0.3, -0.25) is 0 Å². The molecule has 4 unspecified atom stereocenters. The van der Waals surface area contributed by atoms with Crippen molar-refractivity contribution in [1.82, 2.24) is 0 Å². The van der Waals surface area contributed by atoms with Crippen molar-refractivity contribution in [2.75, 3.05) is 0 Å². The van der Waals surface area contributed by atoms with E-state index in [9.17, 15) is 0 Å². The average Bonchev–Trinajstić information content (AvgIpc) is 2.33. The molecule has 0 bridgehead atoms. The lowest BCUT2D eigenvalue weighted by Crippen LogP contribution is -2.38. The third kappa shape index (κ3) is 5.48. The number of rotatable bonds is 9. The second-order valence-corrected chi connectivity index (χ2v) is 8.04. The van der Waals surface area contributed by atoms with Crippen LogP contribution in [0, 0.1) is 35.0 Å². The standard InChI is InChI=1S/C19H40/c1-10-16(6)13-18(8)19(9,15(4)5)17(7)12-11-14(2)3/h14-18H,10-13H2,1-9H3. The van der Waals surface area contributed by atoms with Gasteiger partial charge in [0.15, 0.2) is 0 Å². The van der Waals surface area contributed by atoms with Crippen LogP contribution in [0.25, 0.3) is 0 Å². The first kappa shape index (κ1) is 19.0. The summed E-state index contributed by atoms with van der Waals surface area (Å²) in [5.74, 6) is 4.13. The van der Waals surface area contributed by atoms with Gasteiger partial charge in [-0.25, -0.2) is 0 Å². The molecular weight excluding hydrogens is 228 g/mol. The summed E-state index contributed by atoms with van der Waals surface area (Å²) in [5.41, 5.74) is 0.484. The maximum atomic E-state index is 2.55. The summed E-state index contributed by atoms with van der Waals surface area (Å²) in [6.07, 6.45) is 5.47. The van der Waals surface area contributed by atoms with Crippen LogP contribution in [0.4, 0.5) is 0 Å². The molecule has 0 heterocycles. The van der Waals surface area contributed by atoms with E-state index in [1.54, 1.807) is 0 Å². The van der Waals surface area contributed by atoms with Crippen molar-refractivity contribution in [3.8, 4) is 0 Å². The molecule has 0 aromatic heterocycles. The molecule has 0 saturated carbocycles. The molecule has 0 N–H and O–H groups in total. The second-order valence-electron chi connectivity index (χ2n) is 8.04. The lowest BCUT2D eigenvalue weighted by Gasteiger charge is -2.46. The van der Waals surface area contributed by atoms with Crippen molar-refractivity contribution in [3.63, 3.8) is 0 Å². The van der Waals surface area contributed by atoms with E-state index >= 15 is 0 Å². The van der Waals surface area contributed by atoms with Crippen molar-refractivity contribution in [1.29, 1.82) is 0 Å². The van der Waals surface area contributed by atoms with Crippen LogP contribution in [0.5, 0.6) is 0 Å². The fourth-order valence-electron chi connectivity index (χ4n) is 3.54. The molecule has 116 valence electrons. The first-order valence-corrected chi connectivity index (χ1v) is 8.66. The molecule has 0 heteroatoms. The number of hydrogen-bond acceptors (Lipinski definition) is 0. The highest BCUT2D eigenvalue weighted by molar-refractivity contribution is 4.88. The first-order chi connectivity index (χ1) is 8.66. The van der Waals surface area contributed by atoms with Gasteiger partial charge in [-0.05, 0) is 47.8 Å². The monoisotopic (exact) mass is 268 g/mol. The van der Waals surface area contributed by atoms with Crippen molar-refractivity contribution in [2.24, 2.45) is 35.0 Å². The normalized spacial score (nSPS) is 20.4. The van der Waals surface area contributed by atoms with Gasteiger partial charge in [0.2, 0.25) is 0 Å². The third-order valence-electron chi connectivity index (χ3n) is 6.00. The van der Waals surface area contributed by atoms with Gasteiger partial charge in [-0.2, -0.15) is 0 Å². The Morgan fingerprint density at radius 2 is 1.32 bits per heavy atom. The van der Waals surface area contributed by atoms with E-state index in [1.165, 1.54) is 25.7 Å². The van der Waals surface area contributed by atoms with E-state index in [4.69, 9.17) is 0 Å². The van der Waals surface area contributed by atoms with Crippen LogP contribution in [-0.2, 0) is 0 Å². The third-order valence-corrected chi connectivity index (χ3v) is 6.00. The maximum Gasteiger partial charge on any atom is -0.0251 e. The van der Waals surface area contributed by atoms with Crippen LogP contribution in [0.1, 0.15) is 88.0 Å². The van der Waals surface area contributed by atoms with Gasteiger partial charge in [0.25, 0.3) is 0 Å². The fraction of sp³-hybridized carbons (Fsp3) is 1.00. The van der Waals surface area contributed by atoms with Crippen molar-refractivity contribution in [3.05, 3.63) is 0 Å². The zero-order valence-corrected chi connectivity index (χ0v) is 15.2. The largest absolute Gasteiger partial charge is 0.0651 e. The molecule has 0 amide bonds. The van der Waals surface area contributed by atoms with Crippen LogP contribution >= 0.6 is 0 Å². The van der Waals surface area contributed by atoms with Gasteiger partial charge in [0, 0.05) is 0 Å². The Bertz CT molecular complexity index is 228. The first-order valence-electron chi connectivity index (χ1n) is 8.66. The Morgan fingerprint density at radius 1 is 0.789 bits per heavy atom. The molecule has 0 rings (SSSR count). The molecule has 0 aliphatic carbocycles. The summed E-state index contributed by atoms with van der Waals surface area (Å²) < 4.78 is 0. The highest BCUT2D eigenvalue weighted by atomic mass is 14.4. The van der Waals surface area contributed by atoms with E-state index in [0.29, 0.717) is 5.41 Å². The second kappa shape index (κ2) is 8.32. The predicted octanol–water partition coefficient (Wildman–Crippen LogP) is 6.79. The topological polar surface area (TPSA) is 0 Å². The summed E-state index contributed by atoms with van der Waals surface area (Å²) in [6, 6.07) is 0. The Balaban J connectivity index is 4.81. The van der Waals surface area contributed by atoms with E-state index in [2.05, 4.69) is 62.3 Å². The van der Waals surface area contributed by atoms with Gasteiger partial charge in [0.05, 0.1) is 0 Å². The van der Waals surface area contributed by atoms with E-state index in [0.717, 1.165) is 29.6 Å². The zero-order valence-electron chi connectivity index (χ0n) is 15.2. The number of hydrogen-bond donors (Lipinski definition) is 0. The lowest BCUT2D eigenvalue weighted by atomic mass is 9.59. The smallest absolute Gasteiger partial charge is 0.0251 e. The van der Waals surface area contributed by atoms with Crippen LogP contribution in [0.15, 0.2) is 0 Å². The molecule has 0 aliphatic rings. The Morgan fingerprint density at radius 3 is 1.68 bits per heavy atom. The highest BCUT2D eigenvalue weighted by Crippen LogP contribution is 2.47. The van der Waals surface area contributed by atoms with Gasteiger partial charge in [-0.1, -0.05) is 75.2 Å². The van der Waals surface area contributed by atoms with Gasteiger partial charge in [0.1, 0.15) is 0 Å². The van der Waals surface area contributed by atoms with Crippen LogP contribution in [-0.4, -0.2) is 0 Å². The molecule has 0 nitrogen and oxygen atoms in total. The average molecular weight is 269 g/mol. The zero-order chi connectivity index (χ0) is 15.2. The van der Waals surface area contributed by atoms with Crippen molar-refractivity contribution in [2.45, 2.75) is 88.0 Å². The van der Waals surface area contributed by atoms with Crippen LogP contribution < -0.4 is 0 Å². The van der Waals surface area contributed by atoms with Gasteiger partial charge in [-0.15, -0.1) is 0 Å². The molecule has 19 heavy (non-hydrogen) atoms. The molecule has 0 spiro atoms. The minimum atomic E-state index is 0.484. The maximum absolute atomic E-state index is 2.55. The SMILES string of the molecule is CCC(C)CC(C)C(C)(C(C)C)C(C)CCC(C)C. The molecular formula is C19H40. The van der Waals surface area contributed by atoms with Crippen molar-refractivity contribution < 1.29 is 0 Å². The van der Waals surface area contributed by atoms with Crippen LogP contribution in [0.3, 0.4) is 0 Å². The summed E-state index contributed by atoms with van der Waals surface area (Å²) in [5, 5.41) is 0. The van der Waals surface area contributed by atoms with Gasteiger partial charge >= 0.3 is 0 Å². The molecule has 0 aromatic carbocycles. The van der Waals surface area contributed by atoms with Crippen LogP contribution in [0.2, 0.25) is 0 Å². The highest BCUT2D eigenvalue weighted by Gasteiger charge is 2.39. The molecule has 0 saturated heterocycles. The Kier molecular flexibility index (Phi) is 8.32. The molecule has 4 atom stereocenters. The molecule has 0 aliphatic heterocycles. The van der Waals surface area contributed by atoms with Crippen molar-refractivity contribution >= 4 is 0 Å². The van der Waals surface area contributed by atoms with Gasteiger partial charge < -0.3 is 0 Å². The summed E-state index contributed by atoms with van der Waals surface area (Å²) in [4.78, 5) is 0. The fourth-order valence-corrected chi connectivity index (χ4v) is 3.54. The molecule has 0 fully saturated rings. The predicted molar refractivity (Wildman–Crippen MR) is 89.4 cm³/mol. The molecule has 0 aromatic rings. The summed E-state index contributed by atoms with van der Waals surface area (Å²) in [7, 11) is 0. The Hall–Kier alpha value is 0. The van der Waals surface area contributed by atoms with E-state index in [1.807, 2.05) is 0 Å². The lowest BCUT2D eigenvalue weighted by molar-refractivity contribution is 0.0330. The Labute approximate surface area is 123 Å². The van der Waals surface area contributed by atoms with E-state index in [-0.39, 0.29) is 0 Å². The summed E-state index contributed by atoms with van der Waals surface area (Å²) in [6.45, 7) is 21.8. The minimum Gasteiger partial charge on any atom is -0.0651 e. The molecule has 0 radical (unpaired) electrons. The minimum absolute atomic E-state index is 0.484. The summed E-state index contributed by atoms with van der Waals surface area (Å²) >= 11 is 0. The quantitative estimate of drug-likeness (QED) is 0.431.